The Balaban J connectivity index is 1.95. The molecule has 27 heavy (non-hydrogen) atoms. The molecule has 6 heteroatoms. The van der Waals surface area contributed by atoms with E-state index in [1.807, 2.05) is 11.9 Å². The zero-order valence-corrected chi connectivity index (χ0v) is 16.1. The van der Waals surface area contributed by atoms with Crippen LogP contribution in [0.5, 0.6) is 0 Å². The molecule has 0 saturated heterocycles. The van der Waals surface area contributed by atoms with Crippen molar-refractivity contribution in [2.75, 3.05) is 14.1 Å². The fraction of sp³-hybridized carbons (Fsp3) is 0.286. The molecule has 0 bridgehead atoms. The van der Waals surface area contributed by atoms with Gasteiger partial charge in [-0.3, -0.25) is 14.5 Å². The minimum atomic E-state index is -0.308. The van der Waals surface area contributed by atoms with Crippen molar-refractivity contribution in [2.45, 2.75) is 27.1 Å². The molecule has 3 aromatic rings. The fourth-order valence-corrected chi connectivity index (χ4v) is 3.21. The summed E-state index contributed by atoms with van der Waals surface area (Å²) in [6, 6.07) is 13.4. The van der Waals surface area contributed by atoms with Gasteiger partial charge in [0.05, 0.1) is 12.1 Å². The van der Waals surface area contributed by atoms with Crippen molar-refractivity contribution < 1.29 is 4.79 Å². The summed E-state index contributed by atoms with van der Waals surface area (Å²) >= 11 is 0. The molecule has 0 unspecified atom stereocenters. The third kappa shape index (κ3) is 3.90. The smallest absolute Gasteiger partial charge is 0.275 e. The van der Waals surface area contributed by atoms with E-state index in [0.717, 1.165) is 0 Å². The van der Waals surface area contributed by atoms with Crippen LogP contribution in [0.2, 0.25) is 0 Å². The number of carbonyl (C=O) groups is 1. The van der Waals surface area contributed by atoms with E-state index in [9.17, 15) is 9.59 Å². The van der Waals surface area contributed by atoms with Crippen LogP contribution in [0.25, 0.3) is 10.8 Å². The molecule has 1 N–H and O–H groups in total. The van der Waals surface area contributed by atoms with Gasteiger partial charge >= 0.3 is 0 Å². The molecule has 0 aliphatic rings. The summed E-state index contributed by atoms with van der Waals surface area (Å²) in [4.78, 5) is 27.1. The first-order valence-electron chi connectivity index (χ1n) is 8.87. The third-order valence-electron chi connectivity index (χ3n) is 4.62. The van der Waals surface area contributed by atoms with Crippen LogP contribution in [-0.4, -0.2) is 34.7 Å². The molecule has 0 spiro atoms. The molecule has 0 fully saturated rings. The molecule has 0 radical (unpaired) electrons. The summed E-state index contributed by atoms with van der Waals surface area (Å²) in [5.41, 5.74) is 3.69. The van der Waals surface area contributed by atoms with Crippen LogP contribution < -0.4 is 10.9 Å². The molecular formula is C21H24N4O2. The summed E-state index contributed by atoms with van der Waals surface area (Å²) in [5.74, 6) is -0.308. The number of nitrogens with zero attached hydrogens (tertiary/aromatic N) is 3. The highest BCUT2D eigenvalue weighted by Gasteiger charge is 2.16. The second kappa shape index (κ2) is 7.72. The summed E-state index contributed by atoms with van der Waals surface area (Å²) in [7, 11) is 3.49. The average Bonchev–Trinajstić information content (AvgIpc) is 2.65. The normalized spacial score (nSPS) is 11.1. The van der Waals surface area contributed by atoms with Crippen LogP contribution in [0.4, 0.5) is 0 Å². The maximum absolute atomic E-state index is 12.8. The van der Waals surface area contributed by atoms with Gasteiger partial charge in [0.2, 0.25) is 0 Å². The Bertz CT molecular complexity index is 1060. The van der Waals surface area contributed by atoms with Crippen LogP contribution >= 0.6 is 0 Å². The van der Waals surface area contributed by atoms with Gasteiger partial charge in [0.25, 0.3) is 11.5 Å². The molecule has 0 atom stereocenters. The standard InChI is InChI=1S/C21H24N4O2/c1-14-9-10-16(15(2)11-14)12-24(4)13-25-21(27)18-8-6-5-7-17(18)19(23-25)20(26)22-3/h5-11H,12-13H2,1-4H3,(H,22,26). The number of rotatable bonds is 5. The maximum atomic E-state index is 12.8. The van der Waals surface area contributed by atoms with Gasteiger partial charge in [-0.15, -0.1) is 0 Å². The summed E-state index contributed by atoms with van der Waals surface area (Å²) in [6.45, 7) is 5.13. The Labute approximate surface area is 158 Å². The van der Waals surface area contributed by atoms with Gasteiger partial charge in [-0.1, -0.05) is 42.0 Å². The highest BCUT2D eigenvalue weighted by Crippen LogP contribution is 2.15. The number of nitrogens with one attached hydrogen (secondary N) is 1. The van der Waals surface area contributed by atoms with Crippen molar-refractivity contribution in [1.29, 1.82) is 0 Å². The first kappa shape index (κ1) is 18.8. The number of carbonyl (C=O) groups excluding carboxylic acids is 1. The predicted molar refractivity (Wildman–Crippen MR) is 107 cm³/mol. The summed E-state index contributed by atoms with van der Waals surface area (Å²) in [5, 5.41) is 7.99. The van der Waals surface area contributed by atoms with Crippen molar-refractivity contribution in [3.8, 4) is 0 Å². The second-order valence-corrected chi connectivity index (χ2v) is 6.86. The van der Waals surface area contributed by atoms with Gasteiger partial charge in [0, 0.05) is 19.0 Å². The molecule has 0 saturated carbocycles. The van der Waals surface area contributed by atoms with Crippen LogP contribution in [0.3, 0.4) is 0 Å². The number of fused-ring (bicyclic) bond motifs is 1. The Morgan fingerprint density at radius 1 is 1.15 bits per heavy atom. The van der Waals surface area contributed by atoms with Gasteiger partial charge in [-0.25, -0.2) is 4.68 Å². The molecule has 1 amide bonds. The van der Waals surface area contributed by atoms with Gasteiger partial charge < -0.3 is 5.32 Å². The van der Waals surface area contributed by atoms with Crippen molar-refractivity contribution in [3.63, 3.8) is 0 Å². The van der Waals surface area contributed by atoms with Crippen LogP contribution in [0.15, 0.2) is 47.3 Å². The molecule has 1 heterocycles. The lowest BCUT2D eigenvalue weighted by atomic mass is 10.1. The number of benzene rings is 2. The lowest BCUT2D eigenvalue weighted by Crippen LogP contribution is -2.34. The quantitative estimate of drug-likeness (QED) is 0.755. The highest BCUT2D eigenvalue weighted by molar-refractivity contribution is 6.04. The zero-order valence-electron chi connectivity index (χ0n) is 16.1. The highest BCUT2D eigenvalue weighted by atomic mass is 16.2. The Morgan fingerprint density at radius 2 is 1.85 bits per heavy atom. The predicted octanol–water partition coefficient (Wildman–Crippen LogP) is 2.46. The van der Waals surface area contributed by atoms with E-state index < -0.39 is 0 Å². The topological polar surface area (TPSA) is 67.2 Å². The molecule has 0 aliphatic heterocycles. The van der Waals surface area contributed by atoms with Crippen molar-refractivity contribution in [2.24, 2.45) is 0 Å². The molecule has 2 aromatic carbocycles. The Hall–Kier alpha value is -2.99. The van der Waals surface area contributed by atoms with Gasteiger partial charge in [-0.2, -0.15) is 5.10 Å². The molecule has 0 aliphatic carbocycles. The Kier molecular flexibility index (Phi) is 5.37. The van der Waals surface area contributed by atoms with Crippen molar-refractivity contribution in [3.05, 3.63) is 75.2 Å². The minimum absolute atomic E-state index is 0.203. The van der Waals surface area contributed by atoms with Gasteiger partial charge in [0.1, 0.15) is 0 Å². The van der Waals surface area contributed by atoms with Crippen LogP contribution in [0.1, 0.15) is 27.2 Å². The molecule has 3 rings (SSSR count). The van der Waals surface area contributed by atoms with Crippen molar-refractivity contribution in [1.82, 2.24) is 20.0 Å². The first-order valence-corrected chi connectivity index (χ1v) is 8.87. The maximum Gasteiger partial charge on any atom is 0.275 e. The molecule has 140 valence electrons. The lowest BCUT2D eigenvalue weighted by molar-refractivity contribution is 0.0956. The van der Waals surface area contributed by atoms with E-state index in [4.69, 9.17) is 0 Å². The number of hydrogen-bond acceptors (Lipinski definition) is 4. The minimum Gasteiger partial charge on any atom is -0.354 e. The average molecular weight is 364 g/mol. The van der Waals surface area contributed by atoms with E-state index >= 15 is 0 Å². The van der Waals surface area contributed by atoms with E-state index in [0.29, 0.717) is 24.0 Å². The van der Waals surface area contributed by atoms with Gasteiger partial charge in [-0.05, 0) is 38.1 Å². The van der Waals surface area contributed by atoms with E-state index in [-0.39, 0.29) is 17.2 Å². The molecular weight excluding hydrogens is 340 g/mol. The van der Waals surface area contributed by atoms with E-state index in [2.05, 4.69) is 42.5 Å². The van der Waals surface area contributed by atoms with Gasteiger partial charge in [0.15, 0.2) is 5.69 Å². The number of hydrogen-bond donors (Lipinski definition) is 1. The summed E-state index contributed by atoms with van der Waals surface area (Å²) in [6.07, 6.45) is 0. The number of aryl methyl sites for hydroxylation is 2. The van der Waals surface area contributed by atoms with Crippen molar-refractivity contribution >= 4 is 16.7 Å². The Morgan fingerprint density at radius 3 is 2.52 bits per heavy atom. The lowest BCUT2D eigenvalue weighted by Gasteiger charge is -2.19. The van der Waals surface area contributed by atoms with Crippen LogP contribution in [0, 0.1) is 13.8 Å². The largest absolute Gasteiger partial charge is 0.354 e. The number of aromatic nitrogens is 2. The second-order valence-electron chi connectivity index (χ2n) is 6.86. The third-order valence-corrected chi connectivity index (χ3v) is 4.62. The SMILES string of the molecule is CNC(=O)c1nn(CN(C)Cc2ccc(C)cc2C)c(=O)c2ccccc12. The first-order chi connectivity index (χ1) is 12.9. The molecule has 1 aromatic heterocycles. The molecule has 6 nitrogen and oxygen atoms in total. The fourth-order valence-electron chi connectivity index (χ4n) is 3.21. The van der Waals surface area contributed by atoms with Crippen LogP contribution in [-0.2, 0) is 13.2 Å². The van der Waals surface area contributed by atoms with E-state index in [1.165, 1.54) is 21.4 Å². The van der Waals surface area contributed by atoms with E-state index in [1.54, 1.807) is 31.3 Å². The number of amides is 1. The monoisotopic (exact) mass is 364 g/mol. The summed E-state index contributed by atoms with van der Waals surface area (Å²) < 4.78 is 1.36. The zero-order chi connectivity index (χ0) is 19.6.